The van der Waals surface area contributed by atoms with E-state index in [1.54, 1.807) is 12.1 Å². The molecule has 8 heterocycles. The Kier molecular flexibility index (Phi) is 16.8. The molecule has 0 N–H and O–H groups in total. The van der Waals surface area contributed by atoms with Crippen molar-refractivity contribution in [2.45, 2.75) is 242 Å². The fourth-order valence-electron chi connectivity index (χ4n) is 12.0. The van der Waals surface area contributed by atoms with Gasteiger partial charge in [-0.15, -0.1) is 0 Å². The molecule has 0 amide bonds. The smallest absolute Gasteiger partial charge is 0.338 e. The molecule has 9 rings (SSSR count). The Morgan fingerprint density at radius 1 is 0.912 bits per heavy atom. The van der Waals surface area contributed by atoms with Crippen LogP contribution in [0.5, 0.6) is 0 Å². The van der Waals surface area contributed by atoms with Crippen molar-refractivity contribution in [2.24, 2.45) is 23.7 Å². The molecule has 0 saturated carbocycles. The number of unbranched alkanes of at least 4 members (excludes halogenated alkanes) is 1. The molecule has 8 aliphatic heterocycles. The van der Waals surface area contributed by atoms with E-state index in [0.29, 0.717) is 62.5 Å². The summed E-state index contributed by atoms with van der Waals surface area (Å²) in [4.78, 5) is 27.6. The third-order valence-electron chi connectivity index (χ3n) is 17.1. The highest BCUT2D eigenvalue weighted by atomic mass is 79.9. The first kappa shape index (κ1) is 52.5. The van der Waals surface area contributed by atoms with Crippen LogP contribution in [0.4, 0.5) is 0 Å². The van der Waals surface area contributed by atoms with E-state index < -0.39 is 32.4 Å². The fourth-order valence-corrected chi connectivity index (χ4v) is 13.5. The summed E-state index contributed by atoms with van der Waals surface area (Å²) in [5.74, 6) is -0.177. The van der Waals surface area contributed by atoms with Gasteiger partial charge in [-0.3, -0.25) is 4.79 Å². The van der Waals surface area contributed by atoms with Gasteiger partial charge in [0, 0.05) is 45.1 Å². The van der Waals surface area contributed by atoms with Crippen LogP contribution in [0.1, 0.15) is 149 Å². The van der Waals surface area contributed by atoms with Gasteiger partial charge in [-0.1, -0.05) is 109 Å². The minimum atomic E-state index is -1.90. The summed E-state index contributed by atoms with van der Waals surface area (Å²) >= 11 is 3.50. The topological polar surface area (TPSA) is 117 Å². The first-order valence-corrected chi connectivity index (χ1v) is 30.0. The standard InChI is InChI=1S/C55H83BrO11Si/c1-12-13-19-39-25-33(3)35(5)45(60-39)29-46-42(36(6)44(63-46)24-32(2)31-59-68(10,11)54(7,8)9)28-38(57)27-40-20-21-43-48(61-40)52-51-50(64-43)49-47(65-51)30-55(66-49,67-52)23-22-41(26-34(4)56)62-53(58)37-17-15-14-16-18-37/h14-18,32-33,36,39-52H,4-5,12-13,19-31H2,1-3,6-11H3/t32-,33+,36+,39-,40+,41+,42?,43-,44+,45?,46-,47?,48-,49-,50-,51+,52?,55-/m0/s1. The van der Waals surface area contributed by atoms with Gasteiger partial charge in [-0.2, -0.15) is 0 Å². The van der Waals surface area contributed by atoms with Gasteiger partial charge in [0.1, 0.15) is 42.4 Å². The molecule has 18 atom stereocenters. The molecule has 8 aliphatic rings. The normalized spacial score (nSPS) is 38.5. The lowest BCUT2D eigenvalue weighted by Crippen LogP contribution is -2.61. The molecule has 13 heteroatoms. The van der Waals surface area contributed by atoms with E-state index in [-0.39, 0.29) is 89.7 Å². The summed E-state index contributed by atoms with van der Waals surface area (Å²) in [6.45, 7) is 29.9. The highest BCUT2D eigenvalue weighted by molar-refractivity contribution is 9.11. The zero-order chi connectivity index (χ0) is 48.7. The second-order valence-corrected chi connectivity index (χ2v) is 29.4. The quantitative estimate of drug-likeness (QED) is 0.0665. The first-order valence-electron chi connectivity index (χ1n) is 26.3. The van der Waals surface area contributed by atoms with Crippen LogP contribution in [0, 0.1) is 23.7 Å². The number of ketones is 1. The molecule has 0 aliphatic carbocycles. The zero-order valence-electron chi connectivity index (χ0n) is 42.6. The van der Waals surface area contributed by atoms with Gasteiger partial charge in [0.15, 0.2) is 14.1 Å². The van der Waals surface area contributed by atoms with E-state index in [0.717, 1.165) is 61.4 Å². The monoisotopic (exact) mass is 1030 g/mol. The minimum Gasteiger partial charge on any atom is -0.458 e. The Morgan fingerprint density at radius 2 is 1.63 bits per heavy atom. The zero-order valence-corrected chi connectivity index (χ0v) is 45.2. The molecule has 11 nitrogen and oxygen atoms in total. The number of rotatable bonds is 21. The van der Waals surface area contributed by atoms with Gasteiger partial charge in [-0.05, 0) is 103 Å². The molecule has 8 fully saturated rings. The lowest BCUT2D eigenvalue weighted by molar-refractivity contribution is -0.292. The van der Waals surface area contributed by atoms with Crippen molar-refractivity contribution < 1.29 is 51.9 Å². The number of esters is 1. The molecule has 0 radical (unpaired) electrons. The molecular formula is C55H83BrO11Si. The molecular weight excluding hydrogens is 945 g/mol. The van der Waals surface area contributed by atoms with E-state index in [1.807, 2.05) is 18.2 Å². The Morgan fingerprint density at radius 3 is 2.35 bits per heavy atom. The number of ether oxygens (including phenoxy) is 8. The number of fused-ring (bicyclic) bond motifs is 1. The molecule has 0 aromatic heterocycles. The fraction of sp³-hybridized carbons (Fsp3) is 0.782. The van der Waals surface area contributed by atoms with Gasteiger partial charge in [-0.25, -0.2) is 4.79 Å². The summed E-state index contributed by atoms with van der Waals surface area (Å²) in [5, 5.41) is 0.146. The van der Waals surface area contributed by atoms with Crippen molar-refractivity contribution in [3.05, 3.63) is 59.1 Å². The van der Waals surface area contributed by atoms with Crippen LogP contribution in [0.15, 0.2) is 53.5 Å². The molecule has 8 saturated heterocycles. The average molecular weight is 1030 g/mol. The van der Waals surface area contributed by atoms with Gasteiger partial charge in [0.05, 0.1) is 48.3 Å². The van der Waals surface area contributed by atoms with Crippen molar-refractivity contribution in [3.63, 3.8) is 0 Å². The van der Waals surface area contributed by atoms with Crippen LogP contribution in [0.3, 0.4) is 0 Å². The van der Waals surface area contributed by atoms with Crippen molar-refractivity contribution in [1.82, 2.24) is 0 Å². The lowest BCUT2D eigenvalue weighted by atomic mass is 9.78. The number of hydrogen-bond acceptors (Lipinski definition) is 11. The Labute approximate surface area is 417 Å². The summed E-state index contributed by atoms with van der Waals surface area (Å²) in [5.41, 5.74) is 1.65. The second-order valence-electron chi connectivity index (χ2n) is 23.4. The largest absolute Gasteiger partial charge is 0.458 e. The Hall–Kier alpha value is -1.78. The summed E-state index contributed by atoms with van der Waals surface area (Å²) in [6, 6.07) is 9.04. The summed E-state index contributed by atoms with van der Waals surface area (Å²) in [7, 11) is -1.90. The minimum absolute atomic E-state index is 0.0212. The van der Waals surface area contributed by atoms with Crippen LogP contribution < -0.4 is 0 Å². The van der Waals surface area contributed by atoms with Crippen LogP contribution in [0.25, 0.3) is 0 Å². The number of hydrogen-bond donors (Lipinski definition) is 0. The predicted octanol–water partition coefficient (Wildman–Crippen LogP) is 11.6. The van der Waals surface area contributed by atoms with Crippen molar-refractivity contribution in [3.8, 4) is 0 Å². The number of carbonyl (C=O) groups is 2. The van der Waals surface area contributed by atoms with E-state index in [4.69, 9.17) is 42.3 Å². The summed E-state index contributed by atoms with van der Waals surface area (Å²) in [6.07, 6.45) is 7.56. The SMILES string of the molecule is C=C(Br)C[C@@H](CC[C@@]12CC3O[C@H]4C(O1)[C@H]1O[C@@H](CC(=O)CC5[C@H](CC6O[C@@H](CCCC)C[C@@H](C)C6=C)O[C@H](C[C@H](C)CO[Si](C)(C)C(C)(C)C)[C@@H]5C)CC[C@@H]1O[C@H]4[C@H]3O2)OC(=O)c1ccccc1. The summed E-state index contributed by atoms with van der Waals surface area (Å²) < 4.78 is 61.6. The number of halogens is 1. The highest BCUT2D eigenvalue weighted by Crippen LogP contribution is 2.54. The van der Waals surface area contributed by atoms with Crippen molar-refractivity contribution in [1.29, 1.82) is 0 Å². The Bertz CT molecular complexity index is 1920. The molecule has 4 unspecified atom stereocenters. The van der Waals surface area contributed by atoms with E-state index in [9.17, 15) is 9.59 Å². The van der Waals surface area contributed by atoms with Crippen LogP contribution in [-0.2, 0) is 47.1 Å². The molecule has 1 aromatic rings. The van der Waals surface area contributed by atoms with Gasteiger partial charge in [0.25, 0.3) is 0 Å². The second kappa shape index (κ2) is 21.7. The average Bonchev–Trinajstić information content (AvgIpc) is 3.83. The number of benzene rings is 1. The van der Waals surface area contributed by atoms with Gasteiger partial charge >= 0.3 is 5.97 Å². The van der Waals surface area contributed by atoms with Crippen LogP contribution in [0.2, 0.25) is 18.1 Å². The van der Waals surface area contributed by atoms with Crippen LogP contribution in [-0.4, -0.2) is 112 Å². The maximum absolute atomic E-state index is 14.5. The molecule has 0 spiro atoms. The van der Waals surface area contributed by atoms with Crippen molar-refractivity contribution in [2.75, 3.05) is 6.61 Å². The molecule has 68 heavy (non-hydrogen) atoms. The molecule has 6 bridgehead atoms. The Balaban J connectivity index is 0.923. The first-order chi connectivity index (χ1) is 32.2. The van der Waals surface area contributed by atoms with E-state index in [2.05, 4.69) is 90.6 Å². The maximum Gasteiger partial charge on any atom is 0.338 e. The third kappa shape index (κ3) is 11.8. The van der Waals surface area contributed by atoms with Gasteiger partial charge < -0.3 is 42.3 Å². The third-order valence-corrected chi connectivity index (χ3v) is 22.0. The van der Waals surface area contributed by atoms with Crippen LogP contribution >= 0.6 is 15.9 Å². The maximum atomic E-state index is 14.5. The lowest BCUT2D eigenvalue weighted by Gasteiger charge is -2.47. The van der Waals surface area contributed by atoms with E-state index >= 15 is 0 Å². The molecule has 1 aromatic carbocycles. The molecule has 380 valence electrons. The number of Topliss-reactive ketones (excluding diaryl/α,β-unsaturated/α-hetero) is 1. The van der Waals surface area contributed by atoms with Crippen molar-refractivity contribution >= 4 is 36.0 Å². The predicted molar refractivity (Wildman–Crippen MR) is 268 cm³/mol. The highest BCUT2D eigenvalue weighted by Gasteiger charge is 2.68. The number of carbonyl (C=O) groups excluding carboxylic acids is 2. The van der Waals surface area contributed by atoms with Gasteiger partial charge in [0.2, 0.25) is 0 Å². The van der Waals surface area contributed by atoms with E-state index in [1.165, 1.54) is 0 Å².